The topological polar surface area (TPSA) is 95.9 Å². The summed E-state index contributed by atoms with van der Waals surface area (Å²) in [7, 11) is 0. The molecule has 0 aromatic rings. The first-order valence-electron chi connectivity index (χ1n) is 25.7. The standard InChI is InChI=1S/C57H95NO5/c1-4-7-10-13-16-19-22-25-27-29-31-34-37-40-43-46-49-55(60)54(52-59)58-56(61)51-53(48-45-42-39-36-33-30-24-21-18-15-12-9-6-3)63-57(62)50-47-44-41-38-35-32-28-26-23-20-17-14-11-8-5-2/h8-9,11-12,14-15,17-18,20-21,23-24,26,28,30,32-33,35,53-55,59-60H,4-7,10,13,16,19,22,25,27,29,31,34,36-52H2,1-3H3,(H,58,61)/b11-8+,12-9+,17-14+,18-15+,23-20-,24-21+,28-26-,33-30-,35-32+. The van der Waals surface area contributed by atoms with Gasteiger partial charge in [0.05, 0.1) is 25.2 Å². The number of unbranched alkanes of at least 4 members (excludes halogenated alkanes) is 21. The lowest BCUT2D eigenvalue weighted by Gasteiger charge is -2.24. The number of esters is 1. The van der Waals surface area contributed by atoms with E-state index in [1.54, 1.807) is 0 Å². The number of aliphatic hydroxyl groups is 2. The predicted octanol–water partition coefficient (Wildman–Crippen LogP) is 15.5. The van der Waals surface area contributed by atoms with Crippen molar-refractivity contribution in [2.24, 2.45) is 0 Å². The molecule has 0 radical (unpaired) electrons. The van der Waals surface area contributed by atoms with Crippen LogP contribution in [0.4, 0.5) is 0 Å². The summed E-state index contributed by atoms with van der Waals surface area (Å²) < 4.78 is 5.89. The molecule has 3 N–H and O–H groups in total. The Kier molecular flexibility index (Phi) is 46.8. The number of hydrogen-bond donors (Lipinski definition) is 3. The zero-order valence-electron chi connectivity index (χ0n) is 40.7. The molecule has 0 aromatic heterocycles. The highest BCUT2D eigenvalue weighted by Crippen LogP contribution is 2.17. The van der Waals surface area contributed by atoms with Crippen LogP contribution in [0.2, 0.25) is 0 Å². The molecule has 0 rings (SSSR count). The number of carbonyl (C=O) groups excluding carboxylic acids is 2. The number of ether oxygens (including phenoxy) is 1. The molecule has 63 heavy (non-hydrogen) atoms. The highest BCUT2D eigenvalue weighted by atomic mass is 16.5. The van der Waals surface area contributed by atoms with Gasteiger partial charge in [-0.05, 0) is 64.2 Å². The van der Waals surface area contributed by atoms with Gasteiger partial charge < -0.3 is 20.3 Å². The van der Waals surface area contributed by atoms with Crippen molar-refractivity contribution in [3.63, 3.8) is 0 Å². The predicted molar refractivity (Wildman–Crippen MR) is 273 cm³/mol. The number of hydrogen-bond acceptors (Lipinski definition) is 5. The van der Waals surface area contributed by atoms with E-state index in [4.69, 9.17) is 4.74 Å². The summed E-state index contributed by atoms with van der Waals surface area (Å²) in [6, 6.07) is -0.731. The van der Waals surface area contributed by atoms with Gasteiger partial charge in [0.2, 0.25) is 5.91 Å². The third-order valence-electron chi connectivity index (χ3n) is 11.1. The molecule has 0 aromatic carbocycles. The molecule has 3 atom stereocenters. The van der Waals surface area contributed by atoms with Crippen LogP contribution in [0.15, 0.2) is 109 Å². The van der Waals surface area contributed by atoms with Crippen molar-refractivity contribution in [3.8, 4) is 0 Å². The van der Waals surface area contributed by atoms with E-state index >= 15 is 0 Å². The fourth-order valence-corrected chi connectivity index (χ4v) is 7.23. The van der Waals surface area contributed by atoms with Crippen LogP contribution < -0.4 is 5.32 Å². The lowest BCUT2D eigenvalue weighted by molar-refractivity contribution is -0.151. The maximum atomic E-state index is 13.2. The minimum atomic E-state index is -0.813. The van der Waals surface area contributed by atoms with Gasteiger partial charge in [-0.2, -0.15) is 0 Å². The van der Waals surface area contributed by atoms with Crippen molar-refractivity contribution < 1.29 is 24.5 Å². The van der Waals surface area contributed by atoms with Gasteiger partial charge in [-0.3, -0.25) is 9.59 Å². The summed E-state index contributed by atoms with van der Waals surface area (Å²) in [5.41, 5.74) is 0. The van der Waals surface area contributed by atoms with E-state index in [-0.39, 0.29) is 24.9 Å². The molecule has 0 fully saturated rings. The van der Waals surface area contributed by atoms with Crippen molar-refractivity contribution in [1.82, 2.24) is 5.32 Å². The van der Waals surface area contributed by atoms with Crippen LogP contribution in [-0.4, -0.2) is 46.9 Å². The Morgan fingerprint density at radius 3 is 1.30 bits per heavy atom. The van der Waals surface area contributed by atoms with Gasteiger partial charge in [-0.15, -0.1) is 0 Å². The molecule has 6 nitrogen and oxygen atoms in total. The van der Waals surface area contributed by atoms with E-state index in [0.29, 0.717) is 19.3 Å². The van der Waals surface area contributed by atoms with Gasteiger partial charge in [0.15, 0.2) is 0 Å². The molecular formula is C57H95NO5. The molecule has 0 saturated heterocycles. The first-order valence-corrected chi connectivity index (χ1v) is 25.7. The summed E-state index contributed by atoms with van der Waals surface area (Å²) in [6.45, 7) is 6.17. The molecule has 0 bridgehead atoms. The van der Waals surface area contributed by atoms with E-state index in [9.17, 15) is 19.8 Å². The Bertz CT molecular complexity index is 1300. The fourth-order valence-electron chi connectivity index (χ4n) is 7.23. The summed E-state index contributed by atoms with van der Waals surface area (Å²) in [5, 5.41) is 23.8. The van der Waals surface area contributed by atoms with E-state index in [1.165, 1.54) is 83.5 Å². The molecule has 0 heterocycles. The number of allylic oxidation sites excluding steroid dienone is 18. The second-order valence-corrected chi connectivity index (χ2v) is 17.0. The van der Waals surface area contributed by atoms with Crippen LogP contribution in [0.3, 0.4) is 0 Å². The van der Waals surface area contributed by atoms with E-state index in [0.717, 1.165) is 83.5 Å². The molecule has 0 spiro atoms. The first kappa shape index (κ1) is 59.5. The van der Waals surface area contributed by atoms with Crippen molar-refractivity contribution in [3.05, 3.63) is 109 Å². The largest absolute Gasteiger partial charge is 0.462 e. The zero-order valence-corrected chi connectivity index (χ0v) is 40.7. The maximum Gasteiger partial charge on any atom is 0.306 e. The number of amides is 1. The fraction of sp³-hybridized carbons (Fsp3) is 0.649. The molecule has 0 aliphatic heterocycles. The van der Waals surface area contributed by atoms with Gasteiger partial charge in [0.25, 0.3) is 0 Å². The lowest BCUT2D eigenvalue weighted by atomic mass is 10.0. The van der Waals surface area contributed by atoms with Crippen molar-refractivity contribution in [1.29, 1.82) is 0 Å². The van der Waals surface area contributed by atoms with Crippen molar-refractivity contribution in [2.45, 2.75) is 232 Å². The molecule has 6 heteroatoms. The van der Waals surface area contributed by atoms with Gasteiger partial charge in [0, 0.05) is 6.42 Å². The van der Waals surface area contributed by atoms with Crippen LogP contribution in [0.5, 0.6) is 0 Å². The molecule has 0 saturated carbocycles. The van der Waals surface area contributed by atoms with E-state index in [1.807, 2.05) is 72.9 Å². The molecule has 1 amide bonds. The van der Waals surface area contributed by atoms with Gasteiger partial charge in [0.1, 0.15) is 6.10 Å². The van der Waals surface area contributed by atoms with Crippen LogP contribution in [0.25, 0.3) is 0 Å². The summed E-state index contributed by atoms with van der Waals surface area (Å²) in [5.74, 6) is -0.572. The van der Waals surface area contributed by atoms with Gasteiger partial charge in [-0.25, -0.2) is 0 Å². The quantitative estimate of drug-likeness (QED) is 0.0322. The van der Waals surface area contributed by atoms with E-state index < -0.39 is 18.2 Å². The second kappa shape index (κ2) is 49.5. The monoisotopic (exact) mass is 874 g/mol. The molecule has 0 aliphatic carbocycles. The van der Waals surface area contributed by atoms with Crippen LogP contribution >= 0.6 is 0 Å². The van der Waals surface area contributed by atoms with Gasteiger partial charge >= 0.3 is 5.97 Å². The summed E-state index contributed by atoms with van der Waals surface area (Å²) >= 11 is 0. The average molecular weight is 874 g/mol. The number of nitrogens with one attached hydrogen (secondary N) is 1. The zero-order chi connectivity index (χ0) is 45.9. The molecule has 0 aliphatic rings. The average Bonchev–Trinajstić information content (AvgIpc) is 3.28. The van der Waals surface area contributed by atoms with Crippen LogP contribution in [0, 0.1) is 0 Å². The molecule has 3 unspecified atom stereocenters. The lowest BCUT2D eigenvalue weighted by Crippen LogP contribution is -2.46. The highest BCUT2D eigenvalue weighted by Gasteiger charge is 2.24. The SMILES string of the molecule is CC/C=C/C=C/C=C\C=C/C=C/CCCCCC(=O)OC(CCCCC\C=C/C=C/C=C/C=C/CC)CC(=O)NC(CO)C(O)CCCCCCCCCCCCCCCCCC. The summed E-state index contributed by atoms with van der Waals surface area (Å²) in [4.78, 5) is 26.1. The Balaban J connectivity index is 4.69. The number of aliphatic hydroxyl groups excluding tert-OH is 2. The van der Waals surface area contributed by atoms with Crippen LogP contribution in [0.1, 0.15) is 213 Å². The minimum Gasteiger partial charge on any atom is -0.462 e. The Labute approximate surface area is 388 Å². The summed E-state index contributed by atoms with van der Waals surface area (Å²) in [6.07, 6.45) is 67.2. The van der Waals surface area contributed by atoms with Crippen LogP contribution in [-0.2, 0) is 14.3 Å². The third-order valence-corrected chi connectivity index (χ3v) is 11.1. The smallest absolute Gasteiger partial charge is 0.306 e. The van der Waals surface area contributed by atoms with Crippen molar-refractivity contribution >= 4 is 11.9 Å². The van der Waals surface area contributed by atoms with Gasteiger partial charge in [-0.1, -0.05) is 246 Å². The highest BCUT2D eigenvalue weighted by molar-refractivity contribution is 5.77. The van der Waals surface area contributed by atoms with Crippen molar-refractivity contribution in [2.75, 3.05) is 6.61 Å². The Morgan fingerprint density at radius 2 is 0.857 bits per heavy atom. The third kappa shape index (κ3) is 44.9. The minimum absolute atomic E-state index is 0.0271. The Morgan fingerprint density at radius 1 is 0.476 bits per heavy atom. The maximum absolute atomic E-state index is 13.2. The second-order valence-electron chi connectivity index (χ2n) is 17.0. The molecular weight excluding hydrogens is 779 g/mol. The number of carbonyl (C=O) groups is 2. The normalized spacial score (nSPS) is 14.2. The van der Waals surface area contributed by atoms with E-state index in [2.05, 4.69) is 62.5 Å². The first-order chi connectivity index (χ1) is 31.0. The molecule has 358 valence electrons. The number of rotatable bonds is 44. The Hall–Kier alpha value is -3.48.